The first kappa shape index (κ1) is 20.9. The fourth-order valence-corrected chi connectivity index (χ4v) is 5.75. The molecular weight excluding hydrogens is 448 g/mol. The fourth-order valence-electron chi connectivity index (χ4n) is 2.89. The van der Waals surface area contributed by atoms with E-state index in [-0.39, 0.29) is 17.8 Å². The molecule has 0 aliphatic carbocycles. The lowest BCUT2D eigenvalue weighted by atomic mass is 10.0. The Balaban J connectivity index is 1.50. The number of tetrazole rings is 2. The number of thioether (sulfide) groups is 2. The zero-order valence-electron chi connectivity index (χ0n) is 16.5. The topological polar surface area (TPSA) is 171 Å². The Morgan fingerprint density at radius 3 is 2.90 bits per heavy atom. The van der Waals surface area contributed by atoms with Gasteiger partial charge in [-0.2, -0.15) is 10.0 Å². The van der Waals surface area contributed by atoms with Crippen molar-refractivity contribution in [3.8, 4) is 0 Å². The minimum atomic E-state index is -2.14. The molecule has 0 spiro atoms. The molecule has 1 fully saturated rings. The summed E-state index contributed by atoms with van der Waals surface area (Å²) in [5.41, 5.74) is 7.00. The molecule has 30 heavy (non-hydrogen) atoms. The van der Waals surface area contributed by atoms with Gasteiger partial charge in [0.25, 0.3) is 0 Å². The Morgan fingerprint density at radius 2 is 2.20 bits per heavy atom. The number of hydrogen-bond donors (Lipinski definition) is 2. The third kappa shape index (κ3) is 4.25. The number of nitrogens with two attached hydrogens (primary N) is 1. The molecule has 2 aromatic rings. The summed E-state index contributed by atoms with van der Waals surface area (Å²) in [6.07, 6.45) is 0. The molecule has 0 bridgehead atoms. The van der Waals surface area contributed by atoms with E-state index >= 15 is 0 Å². The lowest BCUT2D eigenvalue weighted by Crippen LogP contribution is -2.68. The van der Waals surface area contributed by atoms with Crippen LogP contribution < -0.4 is 5.73 Å². The number of carbonyl (C=O) groups is 2. The third-order valence-electron chi connectivity index (χ3n) is 4.16. The number of nitrogens with zero attached hydrogens (tertiary/aromatic N) is 8. The summed E-state index contributed by atoms with van der Waals surface area (Å²) in [5, 5.41) is 26.0. The summed E-state index contributed by atoms with van der Waals surface area (Å²) in [6, 6.07) is -0.592. The zero-order chi connectivity index (χ0) is 21.5. The molecule has 160 valence electrons. The highest BCUT2D eigenvalue weighted by atomic mass is 32.2. The minimum Gasteiger partial charge on any atom is -0.515 e. The molecule has 4 rings (SSSR count). The molecular formula is C14H20N10O3S2Si. The largest absolute Gasteiger partial charge is 0.515 e. The van der Waals surface area contributed by atoms with E-state index in [0.717, 1.165) is 5.57 Å². The second kappa shape index (κ2) is 8.08. The minimum absolute atomic E-state index is 0.232. The third-order valence-corrected chi connectivity index (χ3v) is 7.24. The van der Waals surface area contributed by atoms with Crippen molar-refractivity contribution in [3.05, 3.63) is 17.1 Å². The van der Waals surface area contributed by atoms with Gasteiger partial charge in [-0.15, -0.1) is 32.2 Å². The number of β-lactam (4-membered cyclic amide) rings is 1. The summed E-state index contributed by atoms with van der Waals surface area (Å²) in [4.78, 5) is 28.1. The van der Waals surface area contributed by atoms with Crippen molar-refractivity contribution in [1.29, 1.82) is 0 Å². The first-order valence-electron chi connectivity index (χ1n) is 9.01. The van der Waals surface area contributed by atoms with Crippen LogP contribution in [0.3, 0.4) is 0 Å². The number of nitrogens with one attached hydrogen (secondary N) is 1. The van der Waals surface area contributed by atoms with E-state index in [1.807, 2.05) is 19.6 Å². The molecule has 2 aliphatic rings. The van der Waals surface area contributed by atoms with E-state index in [9.17, 15) is 9.59 Å². The van der Waals surface area contributed by atoms with E-state index in [1.165, 1.54) is 33.2 Å². The Hall–Kier alpha value is -2.30. The predicted molar refractivity (Wildman–Crippen MR) is 109 cm³/mol. The van der Waals surface area contributed by atoms with Gasteiger partial charge in [0, 0.05) is 11.5 Å². The Morgan fingerprint density at radius 1 is 1.40 bits per heavy atom. The molecule has 13 nitrogen and oxygen atoms in total. The van der Waals surface area contributed by atoms with Crippen molar-refractivity contribution in [2.45, 2.75) is 42.8 Å². The molecule has 2 atom stereocenters. The highest BCUT2D eigenvalue weighted by Crippen LogP contribution is 2.41. The monoisotopic (exact) mass is 468 g/mol. The normalized spacial score (nSPS) is 21.5. The molecule has 0 saturated carbocycles. The fraction of sp³-hybridized carbons (Fsp3) is 0.571. The van der Waals surface area contributed by atoms with Gasteiger partial charge < -0.3 is 10.2 Å². The number of aromatic nitrogens is 8. The van der Waals surface area contributed by atoms with Crippen LogP contribution in [0.4, 0.5) is 0 Å². The van der Waals surface area contributed by atoms with E-state index in [4.69, 9.17) is 10.2 Å². The first-order valence-corrected chi connectivity index (χ1v) is 14.5. The van der Waals surface area contributed by atoms with Crippen LogP contribution in [0.15, 0.2) is 16.4 Å². The van der Waals surface area contributed by atoms with Crippen LogP contribution >= 0.6 is 23.5 Å². The lowest BCUT2D eigenvalue weighted by molar-refractivity contribution is -0.147. The van der Waals surface area contributed by atoms with Gasteiger partial charge in [0.15, 0.2) is 5.82 Å². The van der Waals surface area contributed by atoms with Crippen molar-refractivity contribution in [2.75, 3.05) is 11.5 Å². The van der Waals surface area contributed by atoms with Crippen LogP contribution in [-0.4, -0.2) is 88.8 Å². The average molecular weight is 469 g/mol. The second-order valence-corrected chi connectivity index (χ2v) is 14.1. The maximum Gasteiger partial charge on any atom is 0.341 e. The van der Waals surface area contributed by atoms with Crippen molar-refractivity contribution >= 4 is 43.7 Å². The Kier molecular flexibility index (Phi) is 5.65. The van der Waals surface area contributed by atoms with E-state index < -0.39 is 20.3 Å². The molecule has 1 saturated heterocycles. The van der Waals surface area contributed by atoms with Crippen LogP contribution in [0.5, 0.6) is 0 Å². The highest BCUT2D eigenvalue weighted by Gasteiger charge is 2.52. The summed E-state index contributed by atoms with van der Waals surface area (Å²) in [5.74, 6) is 0.696. The number of fused-ring (bicyclic) bond motifs is 1. The van der Waals surface area contributed by atoms with Crippen LogP contribution in [0, 0.1) is 0 Å². The molecule has 4 heterocycles. The van der Waals surface area contributed by atoms with Crippen molar-refractivity contribution in [2.24, 2.45) is 5.73 Å². The number of H-pyrrole nitrogens is 1. The van der Waals surface area contributed by atoms with Gasteiger partial charge in [-0.1, -0.05) is 17.0 Å². The maximum atomic E-state index is 12.9. The van der Waals surface area contributed by atoms with Crippen LogP contribution in [0.2, 0.25) is 19.6 Å². The summed E-state index contributed by atoms with van der Waals surface area (Å²) >= 11 is 2.86. The molecule has 1 amide bonds. The lowest BCUT2D eigenvalue weighted by Gasteiger charge is -2.48. The summed E-state index contributed by atoms with van der Waals surface area (Å²) in [6.45, 7) is 6.00. The molecule has 0 aromatic carbocycles. The standard InChI is InChI=1S/C14H20N10O3S2Si/c1-30(2,3)27-13(26)10-7(5-28-12-9(15)11(25)24(10)12)6-29-14-18-22-23(19-14)4-8-16-20-21-17-8/h9,12H,4-6,15H2,1-3H3,(H,16,17,20,21)/t9?,12-/m0/s1. The molecule has 3 N–H and O–H groups in total. The van der Waals surface area contributed by atoms with E-state index in [0.29, 0.717) is 28.2 Å². The molecule has 0 radical (unpaired) electrons. The molecule has 2 aromatic heterocycles. The van der Waals surface area contributed by atoms with E-state index in [2.05, 4.69) is 36.0 Å². The summed E-state index contributed by atoms with van der Waals surface area (Å²) < 4.78 is 5.68. The number of rotatable bonds is 7. The number of amides is 1. The van der Waals surface area contributed by atoms with Gasteiger partial charge in [-0.3, -0.25) is 9.69 Å². The predicted octanol–water partition coefficient (Wildman–Crippen LogP) is -0.799. The van der Waals surface area contributed by atoms with Gasteiger partial charge in [0.1, 0.15) is 23.7 Å². The quantitative estimate of drug-likeness (QED) is 0.295. The highest BCUT2D eigenvalue weighted by molar-refractivity contribution is 8.01. The average Bonchev–Trinajstić information content (AvgIpc) is 3.36. The zero-order valence-corrected chi connectivity index (χ0v) is 19.1. The smallest absolute Gasteiger partial charge is 0.341 e. The van der Waals surface area contributed by atoms with Crippen molar-refractivity contribution in [1.82, 2.24) is 45.7 Å². The summed E-state index contributed by atoms with van der Waals surface area (Å²) in [7, 11) is -2.14. The Labute approximate surface area is 180 Å². The van der Waals surface area contributed by atoms with Crippen molar-refractivity contribution < 1.29 is 14.0 Å². The number of hydrogen-bond acceptors (Lipinski definition) is 12. The molecule has 16 heteroatoms. The van der Waals surface area contributed by atoms with Crippen molar-refractivity contribution in [3.63, 3.8) is 0 Å². The van der Waals surface area contributed by atoms with Gasteiger partial charge in [0.2, 0.25) is 19.4 Å². The molecule has 2 aliphatic heterocycles. The number of carbonyl (C=O) groups excluding carboxylic acids is 2. The van der Waals surface area contributed by atoms with Gasteiger partial charge in [-0.05, 0) is 30.4 Å². The van der Waals surface area contributed by atoms with Gasteiger partial charge in [-0.25, -0.2) is 4.79 Å². The van der Waals surface area contributed by atoms with Gasteiger partial charge >= 0.3 is 5.97 Å². The number of aromatic amines is 1. The van der Waals surface area contributed by atoms with Crippen LogP contribution in [-0.2, 0) is 20.6 Å². The van der Waals surface area contributed by atoms with Crippen LogP contribution in [0.25, 0.3) is 0 Å². The van der Waals surface area contributed by atoms with Gasteiger partial charge in [0.05, 0.1) is 0 Å². The molecule has 1 unspecified atom stereocenters. The Bertz CT molecular complexity index is 989. The van der Waals surface area contributed by atoms with E-state index in [1.54, 1.807) is 0 Å². The second-order valence-electron chi connectivity index (χ2n) is 7.61. The van der Waals surface area contributed by atoms with Crippen LogP contribution in [0.1, 0.15) is 5.82 Å². The first-order chi connectivity index (χ1) is 14.2. The SMILES string of the molecule is C[Si](C)(C)OC(=O)C1=C(CSc2nnn(Cc3nn[nH]n3)n2)CS[C@H]2C(N)C(=O)N12. The maximum absolute atomic E-state index is 12.9.